The summed E-state index contributed by atoms with van der Waals surface area (Å²) >= 11 is 6.32. The second-order valence-electron chi connectivity index (χ2n) is 4.33. The van der Waals surface area contributed by atoms with E-state index >= 15 is 0 Å². The molecule has 1 N–H and O–H groups in total. The van der Waals surface area contributed by atoms with Gasteiger partial charge in [0.05, 0.1) is 17.0 Å². The van der Waals surface area contributed by atoms with Crippen LogP contribution in [0.1, 0.15) is 24.4 Å². The number of aromatic nitrogens is 2. The second kappa shape index (κ2) is 4.51. The maximum atomic E-state index is 6.32. The molecule has 0 aliphatic carbocycles. The highest BCUT2D eigenvalue weighted by Crippen LogP contribution is 2.28. The highest BCUT2D eigenvalue weighted by atomic mass is 35.5. The van der Waals surface area contributed by atoms with Crippen molar-refractivity contribution < 1.29 is 0 Å². The SMILES string of the molecule is Clc1cc(C2CCCN2)ccc1-n1ccnc1. The quantitative estimate of drug-likeness (QED) is 0.884. The van der Waals surface area contributed by atoms with E-state index in [0.717, 1.165) is 17.3 Å². The van der Waals surface area contributed by atoms with Gasteiger partial charge in [0, 0.05) is 18.4 Å². The molecule has 88 valence electrons. The monoisotopic (exact) mass is 247 g/mol. The van der Waals surface area contributed by atoms with Crippen molar-refractivity contribution in [2.24, 2.45) is 0 Å². The molecule has 1 unspecified atom stereocenters. The number of halogens is 1. The zero-order valence-electron chi connectivity index (χ0n) is 9.44. The lowest BCUT2D eigenvalue weighted by Crippen LogP contribution is -2.12. The predicted molar refractivity (Wildman–Crippen MR) is 68.6 cm³/mol. The van der Waals surface area contributed by atoms with Gasteiger partial charge in [0.15, 0.2) is 0 Å². The molecule has 1 fully saturated rings. The Morgan fingerprint density at radius 3 is 3.00 bits per heavy atom. The van der Waals surface area contributed by atoms with Crippen LogP contribution in [0.5, 0.6) is 0 Å². The summed E-state index contributed by atoms with van der Waals surface area (Å²) < 4.78 is 1.92. The van der Waals surface area contributed by atoms with Crippen molar-refractivity contribution in [2.45, 2.75) is 18.9 Å². The standard InChI is InChI=1S/C13H14ClN3/c14-11-8-10(12-2-1-5-16-12)3-4-13(11)17-7-6-15-9-17/h3-4,6-9,12,16H,1-2,5H2. The van der Waals surface area contributed by atoms with E-state index in [0.29, 0.717) is 6.04 Å². The number of hydrogen-bond donors (Lipinski definition) is 1. The lowest BCUT2D eigenvalue weighted by molar-refractivity contribution is 0.647. The van der Waals surface area contributed by atoms with Gasteiger partial charge in [-0.05, 0) is 37.1 Å². The summed E-state index contributed by atoms with van der Waals surface area (Å²) in [5.41, 5.74) is 2.25. The van der Waals surface area contributed by atoms with E-state index < -0.39 is 0 Å². The van der Waals surface area contributed by atoms with Gasteiger partial charge < -0.3 is 9.88 Å². The number of benzene rings is 1. The topological polar surface area (TPSA) is 29.9 Å². The Morgan fingerprint density at radius 2 is 2.35 bits per heavy atom. The summed E-state index contributed by atoms with van der Waals surface area (Å²) in [6, 6.07) is 6.72. The Labute approximate surface area is 105 Å². The van der Waals surface area contributed by atoms with Crippen molar-refractivity contribution in [3.63, 3.8) is 0 Å². The molecule has 0 spiro atoms. The third-order valence-electron chi connectivity index (χ3n) is 3.22. The molecule has 0 radical (unpaired) electrons. The Hall–Kier alpha value is -1.32. The molecule has 0 saturated carbocycles. The van der Waals surface area contributed by atoms with Crippen molar-refractivity contribution in [1.29, 1.82) is 0 Å². The molecule has 1 aliphatic rings. The van der Waals surface area contributed by atoms with Crippen molar-refractivity contribution in [3.05, 3.63) is 47.5 Å². The first kappa shape index (κ1) is 10.8. The molecule has 1 saturated heterocycles. The van der Waals surface area contributed by atoms with Gasteiger partial charge in [-0.15, -0.1) is 0 Å². The molecule has 3 rings (SSSR count). The highest BCUT2D eigenvalue weighted by Gasteiger charge is 2.17. The Balaban J connectivity index is 1.94. The Morgan fingerprint density at radius 1 is 1.41 bits per heavy atom. The molecule has 1 aromatic heterocycles. The van der Waals surface area contributed by atoms with E-state index in [-0.39, 0.29) is 0 Å². The predicted octanol–water partition coefficient (Wildman–Crippen LogP) is 2.95. The number of nitrogens with one attached hydrogen (secondary N) is 1. The van der Waals surface area contributed by atoms with Crippen LogP contribution in [0, 0.1) is 0 Å². The fraction of sp³-hybridized carbons (Fsp3) is 0.308. The molecule has 0 bridgehead atoms. The number of imidazole rings is 1. The molecule has 0 amide bonds. The maximum Gasteiger partial charge on any atom is 0.0992 e. The third-order valence-corrected chi connectivity index (χ3v) is 3.52. The first-order valence-electron chi connectivity index (χ1n) is 5.86. The summed E-state index contributed by atoms with van der Waals surface area (Å²) in [4.78, 5) is 4.03. The molecular formula is C13H14ClN3. The van der Waals surface area contributed by atoms with Gasteiger partial charge in [-0.2, -0.15) is 0 Å². The van der Waals surface area contributed by atoms with E-state index in [1.54, 1.807) is 12.5 Å². The van der Waals surface area contributed by atoms with E-state index in [1.165, 1.54) is 18.4 Å². The summed E-state index contributed by atoms with van der Waals surface area (Å²) in [6.45, 7) is 1.10. The van der Waals surface area contributed by atoms with Gasteiger partial charge in [-0.3, -0.25) is 0 Å². The third kappa shape index (κ3) is 2.08. The Bertz CT molecular complexity index is 501. The van der Waals surface area contributed by atoms with Gasteiger partial charge >= 0.3 is 0 Å². The number of nitrogens with zero attached hydrogens (tertiary/aromatic N) is 2. The number of rotatable bonds is 2. The first-order chi connectivity index (χ1) is 8.34. The molecule has 1 aromatic carbocycles. The van der Waals surface area contributed by atoms with Crippen LogP contribution in [0.15, 0.2) is 36.9 Å². The van der Waals surface area contributed by atoms with Gasteiger partial charge in [-0.25, -0.2) is 4.98 Å². The van der Waals surface area contributed by atoms with E-state index in [9.17, 15) is 0 Å². The average Bonchev–Trinajstić information content (AvgIpc) is 3.02. The first-order valence-corrected chi connectivity index (χ1v) is 6.23. The minimum atomic E-state index is 0.462. The molecular weight excluding hydrogens is 234 g/mol. The summed E-state index contributed by atoms with van der Waals surface area (Å²) in [6.07, 6.45) is 7.85. The molecule has 17 heavy (non-hydrogen) atoms. The van der Waals surface area contributed by atoms with Crippen LogP contribution in [-0.2, 0) is 0 Å². The van der Waals surface area contributed by atoms with Crippen LogP contribution in [0.2, 0.25) is 5.02 Å². The zero-order valence-corrected chi connectivity index (χ0v) is 10.2. The van der Waals surface area contributed by atoms with E-state index in [2.05, 4.69) is 28.5 Å². The fourth-order valence-corrected chi connectivity index (χ4v) is 2.61. The molecule has 2 heterocycles. The lowest BCUT2D eigenvalue weighted by Gasteiger charge is -2.13. The summed E-state index contributed by atoms with van der Waals surface area (Å²) in [7, 11) is 0. The number of hydrogen-bond acceptors (Lipinski definition) is 2. The van der Waals surface area contributed by atoms with Crippen LogP contribution >= 0.6 is 11.6 Å². The average molecular weight is 248 g/mol. The van der Waals surface area contributed by atoms with Gasteiger partial charge in [0.2, 0.25) is 0 Å². The van der Waals surface area contributed by atoms with Crippen LogP contribution in [0.3, 0.4) is 0 Å². The second-order valence-corrected chi connectivity index (χ2v) is 4.74. The molecule has 3 nitrogen and oxygen atoms in total. The largest absolute Gasteiger partial charge is 0.310 e. The normalized spacial score (nSPS) is 19.7. The lowest BCUT2D eigenvalue weighted by atomic mass is 10.1. The molecule has 4 heteroatoms. The summed E-state index contributed by atoms with van der Waals surface area (Å²) in [5, 5.41) is 4.25. The minimum Gasteiger partial charge on any atom is -0.310 e. The van der Waals surface area contributed by atoms with Crippen molar-refractivity contribution in [1.82, 2.24) is 14.9 Å². The summed E-state index contributed by atoms with van der Waals surface area (Å²) in [5.74, 6) is 0. The molecule has 2 aromatic rings. The van der Waals surface area contributed by atoms with Gasteiger partial charge in [0.1, 0.15) is 0 Å². The van der Waals surface area contributed by atoms with Crippen LogP contribution in [0.25, 0.3) is 5.69 Å². The van der Waals surface area contributed by atoms with Crippen LogP contribution in [-0.4, -0.2) is 16.1 Å². The maximum absolute atomic E-state index is 6.32. The van der Waals surface area contributed by atoms with Crippen molar-refractivity contribution in [3.8, 4) is 5.69 Å². The minimum absolute atomic E-state index is 0.462. The van der Waals surface area contributed by atoms with Crippen molar-refractivity contribution >= 4 is 11.6 Å². The van der Waals surface area contributed by atoms with Crippen LogP contribution < -0.4 is 5.32 Å². The molecule has 1 aliphatic heterocycles. The van der Waals surface area contributed by atoms with E-state index in [1.807, 2.05) is 10.8 Å². The van der Waals surface area contributed by atoms with Gasteiger partial charge in [-0.1, -0.05) is 17.7 Å². The van der Waals surface area contributed by atoms with Crippen molar-refractivity contribution in [2.75, 3.05) is 6.54 Å². The Kier molecular flexibility index (Phi) is 2.87. The fourth-order valence-electron chi connectivity index (χ4n) is 2.32. The highest BCUT2D eigenvalue weighted by molar-refractivity contribution is 6.32. The van der Waals surface area contributed by atoms with Gasteiger partial charge in [0.25, 0.3) is 0 Å². The van der Waals surface area contributed by atoms with E-state index in [4.69, 9.17) is 11.6 Å². The smallest absolute Gasteiger partial charge is 0.0992 e. The van der Waals surface area contributed by atoms with Crippen LogP contribution in [0.4, 0.5) is 0 Å². The zero-order chi connectivity index (χ0) is 11.7. The molecule has 1 atom stereocenters.